The van der Waals surface area contributed by atoms with Crippen LogP contribution in [-0.2, 0) is 6.61 Å². The number of imidazole rings is 1. The first-order chi connectivity index (χ1) is 11.8. The number of benzene rings is 2. The fraction of sp³-hybridized carbons (Fsp3) is 0.316. The largest absolute Gasteiger partial charge is 0.404 e. The SMILES string of the molecule is O=c1n(OCc2ccccc2)c2ccccc2n1C1CCNCC1. The molecule has 5 heteroatoms. The van der Waals surface area contributed by atoms with Gasteiger partial charge in [-0.1, -0.05) is 42.5 Å². The van der Waals surface area contributed by atoms with Gasteiger partial charge in [0.05, 0.1) is 5.52 Å². The van der Waals surface area contributed by atoms with Crippen molar-refractivity contribution in [2.24, 2.45) is 0 Å². The summed E-state index contributed by atoms with van der Waals surface area (Å²) < 4.78 is 3.35. The van der Waals surface area contributed by atoms with Gasteiger partial charge in [0.25, 0.3) is 0 Å². The number of hydrogen-bond acceptors (Lipinski definition) is 3. The standard InChI is InChI=1S/C19H21N3O2/c23-19-21(16-10-12-20-13-11-16)17-8-4-5-9-18(17)22(19)24-14-15-6-2-1-3-7-15/h1-9,16,20H,10-14H2. The lowest BCUT2D eigenvalue weighted by atomic mass is 10.1. The van der Waals surface area contributed by atoms with Crippen LogP contribution in [0.3, 0.4) is 0 Å². The minimum Gasteiger partial charge on any atom is -0.404 e. The summed E-state index contributed by atoms with van der Waals surface area (Å²) in [7, 11) is 0. The lowest BCUT2D eigenvalue weighted by molar-refractivity contribution is 0.0954. The molecule has 1 aliphatic heterocycles. The molecule has 0 radical (unpaired) electrons. The van der Waals surface area contributed by atoms with E-state index in [1.807, 2.05) is 59.2 Å². The third-order valence-electron chi connectivity index (χ3n) is 4.62. The molecule has 0 unspecified atom stereocenters. The molecule has 0 saturated carbocycles. The highest BCUT2D eigenvalue weighted by Gasteiger charge is 2.22. The summed E-state index contributed by atoms with van der Waals surface area (Å²) in [6.45, 7) is 2.27. The smallest absolute Gasteiger partial charge is 0.362 e. The van der Waals surface area contributed by atoms with Crippen molar-refractivity contribution >= 4 is 11.0 Å². The Labute approximate surface area is 140 Å². The molecule has 0 aliphatic carbocycles. The van der Waals surface area contributed by atoms with Crippen molar-refractivity contribution in [3.05, 3.63) is 70.6 Å². The Hall–Kier alpha value is -2.53. The zero-order chi connectivity index (χ0) is 16.4. The van der Waals surface area contributed by atoms with Crippen LogP contribution in [0.5, 0.6) is 0 Å². The number of para-hydroxylation sites is 2. The van der Waals surface area contributed by atoms with E-state index in [0.717, 1.165) is 42.5 Å². The second-order valence-corrected chi connectivity index (χ2v) is 6.18. The van der Waals surface area contributed by atoms with Crippen LogP contribution in [0.4, 0.5) is 0 Å². The van der Waals surface area contributed by atoms with Crippen LogP contribution in [0, 0.1) is 0 Å². The molecule has 1 fully saturated rings. The van der Waals surface area contributed by atoms with Crippen molar-refractivity contribution in [1.82, 2.24) is 14.6 Å². The summed E-state index contributed by atoms with van der Waals surface area (Å²) in [6.07, 6.45) is 1.93. The van der Waals surface area contributed by atoms with Gasteiger partial charge in [-0.05, 0) is 43.6 Å². The molecule has 1 aromatic heterocycles. The summed E-state index contributed by atoms with van der Waals surface area (Å²) in [6, 6.07) is 18.0. The van der Waals surface area contributed by atoms with Crippen molar-refractivity contribution in [2.75, 3.05) is 13.1 Å². The van der Waals surface area contributed by atoms with E-state index < -0.39 is 0 Å². The predicted molar refractivity (Wildman–Crippen MR) is 94.1 cm³/mol. The first-order valence-corrected chi connectivity index (χ1v) is 8.44. The summed E-state index contributed by atoms with van der Waals surface area (Å²) in [4.78, 5) is 18.9. The van der Waals surface area contributed by atoms with Crippen LogP contribution < -0.4 is 15.8 Å². The average Bonchev–Trinajstić information content (AvgIpc) is 2.93. The van der Waals surface area contributed by atoms with Crippen LogP contribution in [0.25, 0.3) is 11.0 Å². The highest BCUT2D eigenvalue weighted by Crippen LogP contribution is 2.22. The zero-order valence-corrected chi connectivity index (χ0v) is 13.5. The van der Waals surface area contributed by atoms with Gasteiger partial charge in [0.2, 0.25) is 0 Å². The maximum Gasteiger partial charge on any atom is 0.362 e. The molecule has 24 heavy (non-hydrogen) atoms. The van der Waals surface area contributed by atoms with Crippen molar-refractivity contribution in [3.8, 4) is 0 Å². The topological polar surface area (TPSA) is 48.2 Å². The molecule has 0 spiro atoms. The molecule has 3 aromatic rings. The Bertz CT molecular complexity index is 877. The van der Waals surface area contributed by atoms with E-state index in [4.69, 9.17) is 4.84 Å². The Morgan fingerprint density at radius 2 is 1.62 bits per heavy atom. The normalized spacial score (nSPS) is 15.7. The second-order valence-electron chi connectivity index (χ2n) is 6.18. The number of nitrogens with one attached hydrogen (secondary N) is 1. The first kappa shape index (κ1) is 15.0. The molecular weight excluding hydrogens is 302 g/mol. The number of aromatic nitrogens is 2. The van der Waals surface area contributed by atoms with E-state index in [9.17, 15) is 4.79 Å². The average molecular weight is 323 g/mol. The molecule has 0 atom stereocenters. The number of hydrogen-bond donors (Lipinski definition) is 1. The molecule has 1 N–H and O–H groups in total. The van der Waals surface area contributed by atoms with Crippen molar-refractivity contribution in [1.29, 1.82) is 0 Å². The van der Waals surface area contributed by atoms with Gasteiger partial charge in [-0.25, -0.2) is 4.79 Å². The maximum absolute atomic E-state index is 13.0. The fourth-order valence-electron chi connectivity index (χ4n) is 3.40. The minimum absolute atomic E-state index is 0.0842. The van der Waals surface area contributed by atoms with E-state index in [1.165, 1.54) is 4.73 Å². The fourth-order valence-corrected chi connectivity index (χ4v) is 3.40. The number of rotatable bonds is 4. The van der Waals surface area contributed by atoms with Gasteiger partial charge in [-0.3, -0.25) is 4.57 Å². The van der Waals surface area contributed by atoms with Gasteiger partial charge in [-0.15, -0.1) is 4.73 Å². The number of piperidine rings is 1. The third kappa shape index (κ3) is 2.71. The molecule has 1 aliphatic rings. The van der Waals surface area contributed by atoms with Gasteiger partial charge in [0, 0.05) is 6.04 Å². The van der Waals surface area contributed by atoms with E-state index in [-0.39, 0.29) is 11.7 Å². The maximum atomic E-state index is 13.0. The molecule has 124 valence electrons. The van der Waals surface area contributed by atoms with Crippen molar-refractivity contribution in [2.45, 2.75) is 25.5 Å². The van der Waals surface area contributed by atoms with E-state index in [1.54, 1.807) is 0 Å². The first-order valence-electron chi connectivity index (χ1n) is 8.44. The molecular formula is C19H21N3O2. The molecule has 0 bridgehead atoms. The van der Waals surface area contributed by atoms with Crippen molar-refractivity contribution < 1.29 is 4.84 Å². The lowest BCUT2D eigenvalue weighted by Crippen LogP contribution is -2.36. The van der Waals surface area contributed by atoms with Crippen LogP contribution in [-0.4, -0.2) is 22.4 Å². The monoisotopic (exact) mass is 323 g/mol. The third-order valence-corrected chi connectivity index (χ3v) is 4.62. The molecule has 2 heterocycles. The van der Waals surface area contributed by atoms with Crippen molar-refractivity contribution in [3.63, 3.8) is 0 Å². The van der Waals surface area contributed by atoms with E-state index in [2.05, 4.69) is 5.32 Å². The Morgan fingerprint density at radius 1 is 0.958 bits per heavy atom. The second kappa shape index (κ2) is 6.53. The Kier molecular flexibility index (Phi) is 4.09. The van der Waals surface area contributed by atoms with Gasteiger partial charge in [0.15, 0.2) is 0 Å². The Morgan fingerprint density at radius 3 is 2.38 bits per heavy atom. The zero-order valence-electron chi connectivity index (χ0n) is 13.5. The summed E-state index contributed by atoms with van der Waals surface area (Å²) in [5.74, 6) is 0. The molecule has 5 nitrogen and oxygen atoms in total. The summed E-state index contributed by atoms with van der Waals surface area (Å²) in [5.41, 5.74) is 2.74. The number of fused-ring (bicyclic) bond motifs is 1. The van der Waals surface area contributed by atoms with Gasteiger partial charge < -0.3 is 10.2 Å². The number of nitrogens with zero attached hydrogens (tertiary/aromatic N) is 2. The summed E-state index contributed by atoms with van der Waals surface area (Å²) in [5, 5.41) is 3.35. The van der Waals surface area contributed by atoms with Crippen LogP contribution >= 0.6 is 0 Å². The van der Waals surface area contributed by atoms with Crippen LogP contribution in [0.2, 0.25) is 0 Å². The van der Waals surface area contributed by atoms with Crippen LogP contribution in [0.1, 0.15) is 24.4 Å². The quantitative estimate of drug-likeness (QED) is 0.802. The van der Waals surface area contributed by atoms with Gasteiger partial charge in [-0.2, -0.15) is 0 Å². The molecule has 2 aromatic carbocycles. The predicted octanol–water partition coefficient (Wildman–Crippen LogP) is 2.36. The molecule has 0 amide bonds. The Balaban J connectivity index is 1.72. The molecule has 4 rings (SSSR count). The highest BCUT2D eigenvalue weighted by atomic mass is 16.7. The van der Waals surface area contributed by atoms with Crippen LogP contribution in [0.15, 0.2) is 59.4 Å². The lowest BCUT2D eigenvalue weighted by Gasteiger charge is -2.23. The van der Waals surface area contributed by atoms with Gasteiger partial charge >= 0.3 is 5.69 Å². The van der Waals surface area contributed by atoms with E-state index >= 15 is 0 Å². The summed E-state index contributed by atoms with van der Waals surface area (Å²) >= 11 is 0. The van der Waals surface area contributed by atoms with E-state index in [0.29, 0.717) is 6.61 Å². The minimum atomic E-state index is -0.0842. The van der Waals surface area contributed by atoms with Gasteiger partial charge in [0.1, 0.15) is 12.1 Å². The highest BCUT2D eigenvalue weighted by molar-refractivity contribution is 5.75. The molecule has 1 saturated heterocycles.